The lowest BCUT2D eigenvalue weighted by molar-refractivity contribution is 0.546. The van der Waals surface area contributed by atoms with E-state index in [1.54, 1.807) is 7.05 Å². The average Bonchev–Trinajstić information content (AvgIpc) is 2.28. The Morgan fingerprint density at radius 2 is 1.81 bits per heavy atom. The molecule has 0 atom stereocenters. The third-order valence-electron chi connectivity index (χ3n) is 2.52. The van der Waals surface area contributed by atoms with Crippen LogP contribution in [0.1, 0.15) is 52.9 Å². The minimum absolute atomic E-state index is 0.572. The van der Waals surface area contributed by atoms with Gasteiger partial charge in [-0.3, -0.25) is 4.99 Å². The van der Waals surface area contributed by atoms with Crippen LogP contribution in [0.5, 0.6) is 0 Å². The summed E-state index contributed by atoms with van der Waals surface area (Å²) in [5.41, 5.74) is 1.21. The first kappa shape index (κ1) is 15.0. The van der Waals surface area contributed by atoms with Crippen molar-refractivity contribution < 1.29 is 0 Å². The molecule has 0 radical (unpaired) electrons. The third-order valence-corrected chi connectivity index (χ3v) is 2.52. The second-order valence-electron chi connectivity index (χ2n) is 4.02. The molecule has 1 nitrogen and oxygen atoms in total. The van der Waals surface area contributed by atoms with Crippen LogP contribution >= 0.6 is 0 Å². The van der Waals surface area contributed by atoms with Crippen molar-refractivity contribution in [3.63, 3.8) is 0 Å². The predicted molar refractivity (Wildman–Crippen MR) is 73.9 cm³/mol. The van der Waals surface area contributed by atoms with Gasteiger partial charge in [0.15, 0.2) is 0 Å². The van der Waals surface area contributed by atoms with E-state index in [4.69, 9.17) is 0 Å². The first-order chi connectivity index (χ1) is 7.78. The number of aliphatic imine (C=N–C) groups is 1. The standard InChI is InChI=1S/C15H25N/c1-5-9-15(10-6-2)12-8-11-14(7-3)13-16-4/h11,13,15H,5-7,9-10H2,1-4H3/b14-11-,16-13?. The largest absolute Gasteiger partial charge is 0.296 e. The molecule has 0 saturated carbocycles. The third kappa shape index (κ3) is 7.29. The Balaban J connectivity index is 4.41. The van der Waals surface area contributed by atoms with Gasteiger partial charge in [0.2, 0.25) is 0 Å². The summed E-state index contributed by atoms with van der Waals surface area (Å²) in [5, 5.41) is 0. The summed E-state index contributed by atoms with van der Waals surface area (Å²) in [6.45, 7) is 6.58. The molecule has 0 heterocycles. The van der Waals surface area contributed by atoms with Gasteiger partial charge < -0.3 is 0 Å². The second kappa shape index (κ2) is 10.5. The molecule has 0 aliphatic carbocycles. The molecule has 0 unspecified atom stereocenters. The van der Waals surface area contributed by atoms with Crippen molar-refractivity contribution in [2.45, 2.75) is 52.9 Å². The molecule has 1 heteroatoms. The highest BCUT2D eigenvalue weighted by atomic mass is 14.6. The zero-order valence-corrected chi connectivity index (χ0v) is 11.2. The smallest absolute Gasteiger partial charge is 0.0277 e. The molecule has 0 aliphatic heterocycles. The lowest BCUT2D eigenvalue weighted by Crippen LogP contribution is -1.95. The molecule has 90 valence electrons. The predicted octanol–water partition coefficient (Wildman–Crippen LogP) is 4.24. The minimum Gasteiger partial charge on any atom is -0.296 e. The van der Waals surface area contributed by atoms with E-state index in [-0.39, 0.29) is 0 Å². The van der Waals surface area contributed by atoms with E-state index in [1.807, 2.05) is 12.3 Å². The fourth-order valence-electron chi connectivity index (χ4n) is 1.63. The van der Waals surface area contributed by atoms with Gasteiger partial charge in [0.1, 0.15) is 0 Å². The summed E-state index contributed by atoms with van der Waals surface area (Å²) in [7, 11) is 1.80. The van der Waals surface area contributed by atoms with Crippen LogP contribution in [-0.4, -0.2) is 13.3 Å². The van der Waals surface area contributed by atoms with Crippen LogP contribution in [0.3, 0.4) is 0 Å². The highest BCUT2D eigenvalue weighted by Crippen LogP contribution is 2.11. The van der Waals surface area contributed by atoms with E-state index in [0.717, 1.165) is 6.42 Å². The summed E-state index contributed by atoms with van der Waals surface area (Å²) in [4.78, 5) is 4.02. The number of hydrogen-bond donors (Lipinski definition) is 0. The van der Waals surface area contributed by atoms with E-state index < -0.39 is 0 Å². The van der Waals surface area contributed by atoms with Crippen LogP contribution in [0.2, 0.25) is 0 Å². The molecule has 0 bridgehead atoms. The van der Waals surface area contributed by atoms with Crippen LogP contribution < -0.4 is 0 Å². The lowest BCUT2D eigenvalue weighted by atomic mass is 9.99. The summed E-state index contributed by atoms with van der Waals surface area (Å²) in [6.07, 6.45) is 9.78. The molecule has 0 N–H and O–H groups in total. The molecular weight excluding hydrogens is 194 g/mol. The summed E-state index contributed by atoms with van der Waals surface area (Å²) < 4.78 is 0. The number of rotatable bonds is 6. The van der Waals surface area contributed by atoms with Gasteiger partial charge in [-0.25, -0.2) is 0 Å². The summed E-state index contributed by atoms with van der Waals surface area (Å²) in [5.74, 6) is 7.12. The number of allylic oxidation sites excluding steroid dienone is 2. The Labute approximate surface area is 101 Å². The second-order valence-corrected chi connectivity index (χ2v) is 4.02. The topological polar surface area (TPSA) is 12.4 Å². The van der Waals surface area contributed by atoms with Crippen molar-refractivity contribution in [1.82, 2.24) is 0 Å². The molecule has 16 heavy (non-hydrogen) atoms. The molecule has 0 saturated heterocycles. The maximum absolute atomic E-state index is 4.02. The molecule has 0 aromatic heterocycles. The van der Waals surface area contributed by atoms with E-state index in [9.17, 15) is 0 Å². The van der Waals surface area contributed by atoms with Crippen LogP contribution in [0.15, 0.2) is 16.6 Å². The van der Waals surface area contributed by atoms with Gasteiger partial charge in [-0.2, -0.15) is 0 Å². The van der Waals surface area contributed by atoms with Crippen LogP contribution in [0.4, 0.5) is 0 Å². The first-order valence-corrected chi connectivity index (χ1v) is 6.40. The fraction of sp³-hybridized carbons (Fsp3) is 0.667. The van der Waals surface area contributed by atoms with E-state index in [2.05, 4.69) is 37.6 Å². The Hall–Kier alpha value is -1.03. The fourth-order valence-corrected chi connectivity index (χ4v) is 1.63. The Morgan fingerprint density at radius 3 is 2.25 bits per heavy atom. The molecule has 0 aliphatic rings. The maximum atomic E-state index is 4.02. The average molecular weight is 219 g/mol. The van der Waals surface area contributed by atoms with E-state index in [1.165, 1.54) is 31.3 Å². The van der Waals surface area contributed by atoms with Gasteiger partial charge in [0, 0.05) is 19.2 Å². The Bertz CT molecular complexity index is 270. The van der Waals surface area contributed by atoms with Crippen molar-refractivity contribution in [3.05, 3.63) is 11.6 Å². The first-order valence-electron chi connectivity index (χ1n) is 6.40. The zero-order chi connectivity index (χ0) is 12.2. The molecule has 0 amide bonds. The van der Waals surface area contributed by atoms with E-state index in [0.29, 0.717) is 5.92 Å². The van der Waals surface area contributed by atoms with Crippen molar-refractivity contribution in [2.75, 3.05) is 7.05 Å². The molecule has 0 aromatic carbocycles. The highest BCUT2D eigenvalue weighted by Gasteiger charge is 2.00. The zero-order valence-electron chi connectivity index (χ0n) is 11.2. The van der Waals surface area contributed by atoms with Gasteiger partial charge in [-0.05, 0) is 30.9 Å². The quantitative estimate of drug-likeness (QED) is 0.468. The Morgan fingerprint density at radius 1 is 1.19 bits per heavy atom. The van der Waals surface area contributed by atoms with Gasteiger partial charge in [-0.15, -0.1) is 0 Å². The number of hydrogen-bond acceptors (Lipinski definition) is 1. The van der Waals surface area contributed by atoms with Gasteiger partial charge in [0.25, 0.3) is 0 Å². The van der Waals surface area contributed by atoms with Crippen molar-refractivity contribution in [3.8, 4) is 11.8 Å². The van der Waals surface area contributed by atoms with Crippen LogP contribution in [-0.2, 0) is 0 Å². The maximum Gasteiger partial charge on any atom is 0.0277 e. The van der Waals surface area contributed by atoms with Crippen LogP contribution in [0, 0.1) is 17.8 Å². The molecule has 0 spiro atoms. The van der Waals surface area contributed by atoms with Crippen LogP contribution in [0.25, 0.3) is 0 Å². The van der Waals surface area contributed by atoms with Crippen molar-refractivity contribution in [2.24, 2.45) is 10.9 Å². The molecule has 0 aromatic rings. The minimum atomic E-state index is 0.572. The van der Waals surface area contributed by atoms with Crippen molar-refractivity contribution >= 4 is 6.21 Å². The summed E-state index contributed by atoms with van der Waals surface area (Å²) >= 11 is 0. The molecule has 0 fully saturated rings. The normalized spacial score (nSPS) is 11.9. The highest BCUT2D eigenvalue weighted by molar-refractivity contribution is 5.79. The lowest BCUT2D eigenvalue weighted by Gasteiger charge is -2.05. The van der Waals surface area contributed by atoms with Gasteiger partial charge in [0.05, 0.1) is 0 Å². The van der Waals surface area contributed by atoms with Crippen molar-refractivity contribution in [1.29, 1.82) is 0 Å². The molecule has 0 rings (SSSR count). The van der Waals surface area contributed by atoms with E-state index >= 15 is 0 Å². The van der Waals surface area contributed by atoms with Gasteiger partial charge in [-0.1, -0.05) is 45.5 Å². The van der Waals surface area contributed by atoms with Gasteiger partial charge >= 0.3 is 0 Å². The Kier molecular flexibility index (Phi) is 9.81. The SMILES string of the molecule is CCCC(C#C/C=C(\C=NC)CC)CCC. The summed E-state index contributed by atoms with van der Waals surface area (Å²) in [6, 6.07) is 0. The monoisotopic (exact) mass is 219 g/mol. The number of nitrogens with zero attached hydrogens (tertiary/aromatic N) is 1. The molecular formula is C15H25N.